The predicted octanol–water partition coefficient (Wildman–Crippen LogP) is 1.98. The Balaban J connectivity index is 1.29. The number of carbonyl (C=O) groups excluding carboxylic acids is 2. The first-order chi connectivity index (χ1) is 12.6. The van der Waals surface area contributed by atoms with Gasteiger partial charge in [0.15, 0.2) is 0 Å². The fourth-order valence-electron chi connectivity index (χ4n) is 4.98. The predicted molar refractivity (Wildman–Crippen MR) is 106 cm³/mol. The molecule has 4 N–H and O–H groups in total. The van der Waals surface area contributed by atoms with Crippen molar-refractivity contribution in [3.8, 4) is 0 Å². The van der Waals surface area contributed by atoms with Crippen LogP contribution in [0.3, 0.4) is 0 Å². The normalized spacial score (nSPS) is 42.4. The highest BCUT2D eigenvalue weighted by Gasteiger charge is 2.41. The van der Waals surface area contributed by atoms with Crippen molar-refractivity contribution in [1.82, 2.24) is 21.5 Å². The van der Waals surface area contributed by atoms with Crippen LogP contribution in [-0.4, -0.2) is 33.8 Å². The SMILES string of the molecule is CC1NNC(NC(=O)C2CCSC2NC(=O)C2CC3CCCCC3C2)S1. The van der Waals surface area contributed by atoms with Crippen LogP contribution in [-0.2, 0) is 9.59 Å². The molecule has 6 unspecified atom stereocenters. The van der Waals surface area contributed by atoms with Crippen LogP contribution >= 0.6 is 23.5 Å². The third kappa shape index (κ3) is 4.18. The molecule has 0 aromatic carbocycles. The molecule has 4 fully saturated rings. The van der Waals surface area contributed by atoms with Crippen molar-refractivity contribution in [2.24, 2.45) is 23.7 Å². The maximum Gasteiger partial charge on any atom is 0.227 e. The van der Waals surface area contributed by atoms with Gasteiger partial charge >= 0.3 is 0 Å². The van der Waals surface area contributed by atoms with E-state index in [1.807, 2.05) is 0 Å². The van der Waals surface area contributed by atoms with E-state index in [1.165, 1.54) is 25.7 Å². The zero-order chi connectivity index (χ0) is 18.1. The standard InChI is InChI=1S/C18H30N4O2S2/c1-10-21-22-18(26-10)20-16(24)14-6-7-25-17(14)19-15(23)13-8-11-4-2-3-5-12(11)9-13/h10-14,17-18,21-22H,2-9H2,1H3,(H,19,23)(H,20,24). The molecule has 2 aliphatic carbocycles. The highest BCUT2D eigenvalue weighted by molar-refractivity contribution is 8.00. The Labute approximate surface area is 164 Å². The van der Waals surface area contributed by atoms with E-state index in [4.69, 9.17) is 0 Å². The molecule has 0 spiro atoms. The van der Waals surface area contributed by atoms with E-state index in [0.717, 1.165) is 36.9 Å². The van der Waals surface area contributed by atoms with Crippen molar-refractivity contribution in [3.63, 3.8) is 0 Å². The molecule has 26 heavy (non-hydrogen) atoms. The third-order valence-electron chi connectivity index (χ3n) is 6.36. The molecule has 4 aliphatic rings. The summed E-state index contributed by atoms with van der Waals surface area (Å²) in [6.45, 7) is 2.05. The van der Waals surface area contributed by atoms with E-state index in [9.17, 15) is 9.59 Å². The van der Waals surface area contributed by atoms with Crippen molar-refractivity contribution in [1.29, 1.82) is 0 Å². The van der Waals surface area contributed by atoms with Gasteiger partial charge in [0.25, 0.3) is 0 Å². The fourth-order valence-corrected chi connectivity index (χ4v) is 7.18. The molecule has 2 aliphatic heterocycles. The summed E-state index contributed by atoms with van der Waals surface area (Å²) in [7, 11) is 0. The van der Waals surface area contributed by atoms with Gasteiger partial charge in [-0.3, -0.25) is 9.59 Å². The molecule has 0 aromatic rings. The number of hydrogen-bond donors (Lipinski definition) is 4. The average molecular weight is 399 g/mol. The smallest absolute Gasteiger partial charge is 0.227 e. The molecular formula is C18H30N4O2S2. The van der Waals surface area contributed by atoms with E-state index in [1.54, 1.807) is 23.5 Å². The number of fused-ring (bicyclic) bond motifs is 1. The molecule has 146 valence electrons. The van der Waals surface area contributed by atoms with E-state index in [-0.39, 0.29) is 39.9 Å². The lowest BCUT2D eigenvalue weighted by molar-refractivity contribution is -0.127. The highest BCUT2D eigenvalue weighted by atomic mass is 32.2. The van der Waals surface area contributed by atoms with Crippen LogP contribution in [0.15, 0.2) is 0 Å². The summed E-state index contributed by atoms with van der Waals surface area (Å²) in [5.41, 5.74) is 6.07. The molecule has 0 aromatic heterocycles. The van der Waals surface area contributed by atoms with Gasteiger partial charge in [-0.1, -0.05) is 25.7 Å². The first-order valence-electron chi connectivity index (χ1n) is 9.99. The van der Waals surface area contributed by atoms with Gasteiger partial charge in [0.05, 0.1) is 16.7 Å². The topological polar surface area (TPSA) is 82.3 Å². The van der Waals surface area contributed by atoms with Gasteiger partial charge in [0.1, 0.15) is 5.50 Å². The summed E-state index contributed by atoms with van der Waals surface area (Å²) in [6.07, 6.45) is 8.20. The molecule has 2 amide bonds. The maximum absolute atomic E-state index is 12.8. The zero-order valence-electron chi connectivity index (χ0n) is 15.3. The third-order valence-corrected chi connectivity index (χ3v) is 8.67. The number of thioether (sulfide) groups is 2. The van der Waals surface area contributed by atoms with Crippen LogP contribution in [0.4, 0.5) is 0 Å². The second kappa shape index (κ2) is 8.29. The second-order valence-electron chi connectivity index (χ2n) is 8.12. The van der Waals surface area contributed by atoms with Crippen molar-refractivity contribution in [2.45, 2.75) is 68.1 Å². The number of carbonyl (C=O) groups is 2. The van der Waals surface area contributed by atoms with Crippen molar-refractivity contribution >= 4 is 35.3 Å². The van der Waals surface area contributed by atoms with Crippen LogP contribution in [0.1, 0.15) is 51.9 Å². The number of hydrogen-bond acceptors (Lipinski definition) is 6. The van der Waals surface area contributed by atoms with E-state index in [2.05, 4.69) is 28.4 Å². The molecular weight excluding hydrogens is 368 g/mol. The molecule has 6 nitrogen and oxygen atoms in total. The maximum atomic E-state index is 12.8. The molecule has 0 radical (unpaired) electrons. The van der Waals surface area contributed by atoms with Crippen molar-refractivity contribution in [3.05, 3.63) is 0 Å². The van der Waals surface area contributed by atoms with Crippen LogP contribution in [0.25, 0.3) is 0 Å². The summed E-state index contributed by atoms with van der Waals surface area (Å²) in [6, 6.07) is 0. The minimum absolute atomic E-state index is 0.0429. The summed E-state index contributed by atoms with van der Waals surface area (Å²) >= 11 is 3.37. The molecule has 2 saturated carbocycles. The molecule has 0 bridgehead atoms. The van der Waals surface area contributed by atoms with Crippen molar-refractivity contribution < 1.29 is 9.59 Å². The lowest BCUT2D eigenvalue weighted by atomic mass is 9.82. The lowest BCUT2D eigenvalue weighted by Crippen LogP contribution is -2.49. The Morgan fingerprint density at radius 1 is 0.962 bits per heavy atom. The average Bonchev–Trinajstić information content (AvgIpc) is 3.34. The van der Waals surface area contributed by atoms with Crippen LogP contribution < -0.4 is 21.5 Å². The van der Waals surface area contributed by atoms with E-state index in [0.29, 0.717) is 0 Å². The van der Waals surface area contributed by atoms with Gasteiger partial charge in [-0.05, 0) is 43.8 Å². The van der Waals surface area contributed by atoms with E-state index >= 15 is 0 Å². The Kier molecular flexibility index (Phi) is 6.02. The quantitative estimate of drug-likeness (QED) is 0.580. The Morgan fingerprint density at radius 2 is 1.69 bits per heavy atom. The summed E-state index contributed by atoms with van der Waals surface area (Å²) in [5, 5.41) is 6.46. The number of nitrogens with one attached hydrogen (secondary N) is 4. The number of amides is 2. The Hall–Kier alpha value is -0.440. The van der Waals surface area contributed by atoms with Gasteiger partial charge in [-0.2, -0.15) is 0 Å². The highest BCUT2D eigenvalue weighted by Crippen LogP contribution is 2.45. The molecule has 4 rings (SSSR count). The minimum atomic E-state index is -0.133. The first kappa shape index (κ1) is 18.9. The van der Waals surface area contributed by atoms with E-state index < -0.39 is 0 Å². The number of rotatable bonds is 4. The van der Waals surface area contributed by atoms with Crippen LogP contribution in [0, 0.1) is 23.7 Å². The Morgan fingerprint density at radius 3 is 2.35 bits per heavy atom. The summed E-state index contributed by atoms with van der Waals surface area (Å²) in [4.78, 5) is 25.5. The molecule has 2 heterocycles. The van der Waals surface area contributed by atoms with Gasteiger partial charge in [0.2, 0.25) is 11.8 Å². The fraction of sp³-hybridized carbons (Fsp3) is 0.889. The van der Waals surface area contributed by atoms with Crippen LogP contribution in [0.5, 0.6) is 0 Å². The van der Waals surface area contributed by atoms with Gasteiger partial charge in [-0.15, -0.1) is 23.5 Å². The van der Waals surface area contributed by atoms with Crippen LogP contribution in [0.2, 0.25) is 0 Å². The minimum Gasteiger partial charge on any atom is -0.343 e. The largest absolute Gasteiger partial charge is 0.343 e. The Bertz CT molecular complexity index is 535. The molecule has 2 saturated heterocycles. The monoisotopic (exact) mass is 398 g/mol. The van der Waals surface area contributed by atoms with Gasteiger partial charge < -0.3 is 10.6 Å². The molecule has 8 heteroatoms. The summed E-state index contributed by atoms with van der Waals surface area (Å²) < 4.78 is 0. The van der Waals surface area contributed by atoms with Gasteiger partial charge in [0, 0.05) is 5.92 Å². The first-order valence-corrected chi connectivity index (χ1v) is 12.0. The second-order valence-corrected chi connectivity index (χ2v) is 10.8. The van der Waals surface area contributed by atoms with Crippen molar-refractivity contribution in [2.75, 3.05) is 5.75 Å². The lowest BCUT2D eigenvalue weighted by Gasteiger charge is -2.24. The zero-order valence-corrected chi connectivity index (χ0v) is 17.0. The summed E-state index contributed by atoms with van der Waals surface area (Å²) in [5.74, 6) is 2.70. The molecule has 6 atom stereocenters. The number of hydrazine groups is 1. The van der Waals surface area contributed by atoms with Gasteiger partial charge in [-0.25, -0.2) is 10.9 Å².